The molecule has 0 bridgehead atoms. The summed E-state index contributed by atoms with van der Waals surface area (Å²) in [7, 11) is 1.83. The van der Waals surface area contributed by atoms with Gasteiger partial charge in [-0.1, -0.05) is 11.8 Å². The Bertz CT molecular complexity index is 256. The average Bonchev–Trinajstić information content (AvgIpc) is 2.30. The van der Waals surface area contributed by atoms with Gasteiger partial charge < -0.3 is 11.5 Å². The molecule has 1 unspecified atom stereocenters. The minimum Gasteiger partial charge on any atom is -0.368 e. The highest BCUT2D eigenvalue weighted by atomic mass is 32.2. The summed E-state index contributed by atoms with van der Waals surface area (Å²) in [4.78, 5) is 0. The fraction of sp³-hybridized carbons (Fsp3) is 0.667. The van der Waals surface area contributed by atoms with Crippen LogP contribution in [0.25, 0.3) is 0 Å². The summed E-state index contributed by atoms with van der Waals surface area (Å²) in [5, 5.41) is 8.42. The molecule has 0 aliphatic carbocycles. The molecular formula is C6H13N5S. The van der Waals surface area contributed by atoms with Crippen LogP contribution < -0.4 is 11.5 Å². The highest BCUT2D eigenvalue weighted by Gasteiger charge is 2.06. The quantitative estimate of drug-likeness (QED) is 0.642. The summed E-state index contributed by atoms with van der Waals surface area (Å²) in [6, 6.07) is 0.160. The third-order valence-electron chi connectivity index (χ3n) is 1.34. The lowest BCUT2D eigenvalue weighted by molar-refractivity contribution is 0.787. The minimum atomic E-state index is 0.160. The Morgan fingerprint density at radius 2 is 2.25 bits per heavy atom. The van der Waals surface area contributed by atoms with Gasteiger partial charge in [-0.05, 0) is 6.92 Å². The summed E-state index contributed by atoms with van der Waals surface area (Å²) in [6.07, 6.45) is 0. The molecule has 0 amide bonds. The largest absolute Gasteiger partial charge is 0.368 e. The van der Waals surface area contributed by atoms with Gasteiger partial charge in [0.2, 0.25) is 5.95 Å². The molecule has 0 aliphatic rings. The van der Waals surface area contributed by atoms with Crippen LogP contribution in [-0.2, 0) is 7.05 Å². The number of nitrogens with two attached hydrogens (primary N) is 2. The molecule has 0 fully saturated rings. The van der Waals surface area contributed by atoms with Crippen molar-refractivity contribution in [2.24, 2.45) is 12.8 Å². The number of thioether (sulfide) groups is 1. The second kappa shape index (κ2) is 3.77. The molecule has 1 atom stereocenters. The number of anilines is 1. The van der Waals surface area contributed by atoms with Crippen LogP contribution in [0.1, 0.15) is 6.92 Å². The van der Waals surface area contributed by atoms with Gasteiger partial charge in [0.25, 0.3) is 0 Å². The highest BCUT2D eigenvalue weighted by molar-refractivity contribution is 7.99. The van der Waals surface area contributed by atoms with E-state index in [0.29, 0.717) is 5.95 Å². The number of nitrogens with zero attached hydrogens (tertiary/aromatic N) is 3. The second-order valence-electron chi connectivity index (χ2n) is 2.69. The summed E-state index contributed by atoms with van der Waals surface area (Å²) < 4.78 is 1.74. The van der Waals surface area contributed by atoms with E-state index in [1.807, 2.05) is 14.0 Å². The molecule has 1 heterocycles. The first-order valence-electron chi connectivity index (χ1n) is 3.64. The first-order valence-corrected chi connectivity index (χ1v) is 4.63. The summed E-state index contributed by atoms with van der Waals surface area (Å²) in [5.74, 6) is 1.26. The van der Waals surface area contributed by atoms with Crippen LogP contribution in [0.5, 0.6) is 0 Å². The number of aromatic nitrogens is 3. The second-order valence-corrected chi connectivity index (χ2v) is 3.68. The first kappa shape index (κ1) is 9.34. The molecule has 6 heteroatoms. The fourth-order valence-corrected chi connectivity index (χ4v) is 1.46. The normalized spacial score (nSPS) is 13.2. The molecule has 1 aromatic heterocycles. The molecule has 12 heavy (non-hydrogen) atoms. The van der Waals surface area contributed by atoms with Gasteiger partial charge in [0.05, 0.1) is 0 Å². The monoisotopic (exact) mass is 187 g/mol. The Hall–Kier alpha value is -0.750. The van der Waals surface area contributed by atoms with Crippen LogP contribution in [0.2, 0.25) is 0 Å². The Labute approximate surface area is 75.5 Å². The lowest BCUT2D eigenvalue weighted by atomic mass is 10.4. The maximum atomic E-state index is 5.59. The van der Waals surface area contributed by atoms with Crippen molar-refractivity contribution < 1.29 is 0 Å². The Morgan fingerprint density at radius 3 is 2.67 bits per heavy atom. The van der Waals surface area contributed by atoms with E-state index in [0.717, 1.165) is 10.9 Å². The SMILES string of the molecule is CC(N)CSc1nnc(N)n1C. The van der Waals surface area contributed by atoms with Crippen molar-refractivity contribution in [2.75, 3.05) is 11.5 Å². The van der Waals surface area contributed by atoms with Gasteiger partial charge >= 0.3 is 0 Å². The zero-order chi connectivity index (χ0) is 9.14. The van der Waals surface area contributed by atoms with Crippen molar-refractivity contribution in [1.82, 2.24) is 14.8 Å². The molecule has 0 radical (unpaired) electrons. The van der Waals surface area contributed by atoms with Crippen molar-refractivity contribution in [1.29, 1.82) is 0 Å². The van der Waals surface area contributed by atoms with E-state index in [2.05, 4.69) is 10.2 Å². The molecule has 0 aliphatic heterocycles. The average molecular weight is 187 g/mol. The lowest BCUT2D eigenvalue weighted by Crippen LogP contribution is -2.17. The molecule has 4 N–H and O–H groups in total. The van der Waals surface area contributed by atoms with Crippen molar-refractivity contribution in [3.63, 3.8) is 0 Å². The van der Waals surface area contributed by atoms with Crippen LogP contribution in [-0.4, -0.2) is 26.6 Å². The molecule has 0 saturated heterocycles. The van der Waals surface area contributed by atoms with Crippen LogP contribution in [0.3, 0.4) is 0 Å². The molecule has 1 aromatic rings. The van der Waals surface area contributed by atoms with Crippen molar-refractivity contribution in [2.45, 2.75) is 18.1 Å². The molecule has 0 aromatic carbocycles. The van der Waals surface area contributed by atoms with Gasteiger partial charge in [-0.25, -0.2) is 0 Å². The molecule has 1 rings (SSSR count). The van der Waals surface area contributed by atoms with Crippen LogP contribution in [0, 0.1) is 0 Å². The number of hydrogen-bond donors (Lipinski definition) is 2. The van der Waals surface area contributed by atoms with Crippen molar-refractivity contribution in [3.8, 4) is 0 Å². The van der Waals surface area contributed by atoms with E-state index in [4.69, 9.17) is 11.5 Å². The van der Waals surface area contributed by atoms with Gasteiger partial charge in [-0.2, -0.15) is 0 Å². The Kier molecular flexibility index (Phi) is 2.93. The smallest absolute Gasteiger partial charge is 0.222 e. The minimum absolute atomic E-state index is 0.160. The van der Waals surface area contributed by atoms with E-state index in [9.17, 15) is 0 Å². The molecule has 5 nitrogen and oxygen atoms in total. The number of nitrogen functional groups attached to an aromatic ring is 1. The third kappa shape index (κ3) is 2.12. The third-order valence-corrected chi connectivity index (χ3v) is 2.65. The number of rotatable bonds is 3. The zero-order valence-corrected chi connectivity index (χ0v) is 8.01. The maximum Gasteiger partial charge on any atom is 0.222 e. The Balaban J connectivity index is 2.58. The Morgan fingerprint density at radius 1 is 1.58 bits per heavy atom. The van der Waals surface area contributed by atoms with E-state index in [-0.39, 0.29) is 6.04 Å². The van der Waals surface area contributed by atoms with Crippen LogP contribution in [0.15, 0.2) is 5.16 Å². The predicted molar refractivity (Wildman–Crippen MR) is 49.8 cm³/mol. The fourth-order valence-electron chi connectivity index (χ4n) is 0.658. The maximum absolute atomic E-state index is 5.59. The van der Waals surface area contributed by atoms with Crippen LogP contribution >= 0.6 is 11.8 Å². The van der Waals surface area contributed by atoms with E-state index >= 15 is 0 Å². The molecule has 0 spiro atoms. The van der Waals surface area contributed by atoms with Gasteiger partial charge in [-0.3, -0.25) is 4.57 Å². The summed E-state index contributed by atoms with van der Waals surface area (Å²) in [5.41, 5.74) is 11.1. The topological polar surface area (TPSA) is 82.8 Å². The predicted octanol–water partition coefficient (Wildman–Crippen LogP) is -0.163. The van der Waals surface area contributed by atoms with Crippen molar-refractivity contribution in [3.05, 3.63) is 0 Å². The summed E-state index contributed by atoms with van der Waals surface area (Å²) >= 11 is 1.56. The molecule has 0 saturated carbocycles. The van der Waals surface area contributed by atoms with Gasteiger partial charge in [0, 0.05) is 18.8 Å². The molecule has 68 valence electrons. The van der Waals surface area contributed by atoms with E-state index in [1.165, 1.54) is 0 Å². The molecular weight excluding hydrogens is 174 g/mol. The standard InChI is InChI=1S/C6H13N5S/c1-4(7)3-12-6-10-9-5(8)11(6)2/h4H,3,7H2,1-2H3,(H2,8,9). The number of hydrogen-bond acceptors (Lipinski definition) is 5. The van der Waals surface area contributed by atoms with Crippen LogP contribution in [0.4, 0.5) is 5.95 Å². The van der Waals surface area contributed by atoms with E-state index < -0.39 is 0 Å². The van der Waals surface area contributed by atoms with Gasteiger partial charge in [0.15, 0.2) is 5.16 Å². The van der Waals surface area contributed by atoms with Gasteiger partial charge in [0.1, 0.15) is 0 Å². The highest BCUT2D eigenvalue weighted by Crippen LogP contribution is 2.16. The van der Waals surface area contributed by atoms with Crippen molar-refractivity contribution >= 4 is 17.7 Å². The summed E-state index contributed by atoms with van der Waals surface area (Å²) in [6.45, 7) is 1.95. The van der Waals surface area contributed by atoms with Gasteiger partial charge in [-0.15, -0.1) is 10.2 Å². The van der Waals surface area contributed by atoms with E-state index in [1.54, 1.807) is 16.3 Å². The lowest BCUT2D eigenvalue weighted by Gasteiger charge is -2.03. The first-order chi connectivity index (χ1) is 5.61. The zero-order valence-electron chi connectivity index (χ0n) is 7.19.